The van der Waals surface area contributed by atoms with Crippen LogP contribution in [0.4, 0.5) is 0 Å². The first-order chi connectivity index (χ1) is 16.9. The molecule has 0 radical (unpaired) electrons. The molecule has 1 atom stereocenters. The van der Waals surface area contributed by atoms with Crippen LogP contribution >= 0.6 is 12.4 Å². The fourth-order valence-electron chi connectivity index (χ4n) is 4.40. The molecule has 36 heavy (non-hydrogen) atoms. The van der Waals surface area contributed by atoms with Gasteiger partial charge in [0.15, 0.2) is 0 Å². The van der Waals surface area contributed by atoms with Crippen molar-refractivity contribution in [3.8, 4) is 5.75 Å². The van der Waals surface area contributed by atoms with Crippen LogP contribution in [-0.4, -0.2) is 68.4 Å². The minimum atomic E-state index is -4.12. The molecule has 1 aromatic heterocycles. The summed E-state index contributed by atoms with van der Waals surface area (Å²) in [6.07, 6.45) is 5.64. The zero-order valence-electron chi connectivity index (χ0n) is 20.4. The Morgan fingerprint density at radius 2 is 1.72 bits per heavy atom. The smallest absolute Gasteiger partial charge is 0.262 e. The fraction of sp³-hybridized carbons (Fsp3) is 0.500. The van der Waals surface area contributed by atoms with Crippen LogP contribution in [0.5, 0.6) is 5.75 Å². The van der Waals surface area contributed by atoms with Gasteiger partial charge in [-0.2, -0.15) is 4.31 Å². The number of hydrogen-bond acceptors (Lipinski definition) is 8. The Balaban J connectivity index is 0.00000456. The van der Waals surface area contributed by atoms with Gasteiger partial charge in [-0.1, -0.05) is 0 Å². The minimum absolute atomic E-state index is 0. The summed E-state index contributed by atoms with van der Waals surface area (Å²) in [5.41, 5.74) is 2.37. The molecule has 1 heterocycles. The van der Waals surface area contributed by atoms with Crippen molar-refractivity contribution in [2.75, 3.05) is 27.4 Å². The Bertz CT molecular complexity index is 1030. The van der Waals surface area contributed by atoms with Crippen molar-refractivity contribution in [3.63, 3.8) is 0 Å². The number of methoxy groups -OCH3 is 2. The van der Waals surface area contributed by atoms with Crippen LogP contribution in [0.1, 0.15) is 31.2 Å². The molecule has 10 nitrogen and oxygen atoms in total. The summed E-state index contributed by atoms with van der Waals surface area (Å²) in [6, 6.07) is 8.29. The molecular weight excluding hydrogens is 510 g/mol. The molecule has 1 amide bonds. The van der Waals surface area contributed by atoms with Gasteiger partial charge in [0.1, 0.15) is 11.8 Å². The average Bonchev–Trinajstić information content (AvgIpc) is 2.89. The molecule has 0 saturated heterocycles. The van der Waals surface area contributed by atoms with E-state index in [1.807, 2.05) is 0 Å². The Hall–Kier alpha value is -2.28. The van der Waals surface area contributed by atoms with E-state index in [0.717, 1.165) is 0 Å². The van der Waals surface area contributed by atoms with Crippen LogP contribution in [0.3, 0.4) is 0 Å². The number of nitrogens with one attached hydrogen (secondary N) is 1. The highest BCUT2D eigenvalue weighted by Gasteiger charge is 2.42. The second kappa shape index (κ2) is 14.5. The maximum atomic E-state index is 13.8. The third-order valence-electron chi connectivity index (χ3n) is 6.25. The second-order valence-electron chi connectivity index (χ2n) is 8.40. The van der Waals surface area contributed by atoms with E-state index in [0.29, 0.717) is 50.2 Å². The standard InChI is InChI=1S/C24H33N3O7S.ClH/c1-32-15-16-34-21-5-3-19(4-6-21)23(24(28)26-29)27(17-18-11-13-25-14-12-18)35(30,31)22-9-7-20(33-2)8-10-22;/h7-14,19,21,23,29H,3-6,15-17H2,1-2H3,(H,26,28);1H/t19?,21?,23-;/m1./s1. The van der Waals surface area contributed by atoms with E-state index in [1.54, 1.807) is 49.2 Å². The topological polar surface area (TPSA) is 127 Å². The van der Waals surface area contributed by atoms with Gasteiger partial charge in [0.2, 0.25) is 10.0 Å². The highest BCUT2D eigenvalue weighted by Crippen LogP contribution is 2.34. The number of rotatable bonds is 12. The lowest BCUT2D eigenvalue weighted by Gasteiger charge is -2.38. The molecule has 1 saturated carbocycles. The first-order valence-corrected chi connectivity index (χ1v) is 12.9. The quantitative estimate of drug-likeness (QED) is 0.238. The zero-order valence-corrected chi connectivity index (χ0v) is 22.0. The van der Waals surface area contributed by atoms with Gasteiger partial charge in [0, 0.05) is 26.0 Å². The van der Waals surface area contributed by atoms with Gasteiger partial charge >= 0.3 is 0 Å². The van der Waals surface area contributed by atoms with Gasteiger partial charge in [-0.25, -0.2) is 13.9 Å². The first-order valence-electron chi connectivity index (χ1n) is 11.5. The molecule has 0 aliphatic heterocycles. The van der Waals surface area contributed by atoms with Crippen molar-refractivity contribution in [1.29, 1.82) is 0 Å². The van der Waals surface area contributed by atoms with Crippen molar-refractivity contribution >= 4 is 28.3 Å². The highest BCUT2D eigenvalue weighted by atomic mass is 35.5. The summed E-state index contributed by atoms with van der Waals surface area (Å²) in [7, 11) is -1.02. The monoisotopic (exact) mass is 543 g/mol. The number of hydroxylamine groups is 1. The van der Waals surface area contributed by atoms with Gasteiger partial charge in [-0.3, -0.25) is 15.0 Å². The van der Waals surface area contributed by atoms with E-state index in [4.69, 9.17) is 14.2 Å². The number of aromatic nitrogens is 1. The van der Waals surface area contributed by atoms with Crippen molar-refractivity contribution in [1.82, 2.24) is 14.8 Å². The molecule has 0 unspecified atom stereocenters. The molecule has 3 rings (SSSR count). The Morgan fingerprint density at radius 3 is 2.28 bits per heavy atom. The summed E-state index contributed by atoms with van der Waals surface area (Å²) in [4.78, 5) is 17.0. The van der Waals surface area contributed by atoms with E-state index < -0.39 is 22.0 Å². The van der Waals surface area contributed by atoms with Crippen molar-refractivity contribution in [2.45, 2.75) is 49.3 Å². The Morgan fingerprint density at radius 1 is 1.08 bits per heavy atom. The predicted molar refractivity (Wildman–Crippen MR) is 134 cm³/mol. The van der Waals surface area contributed by atoms with Crippen LogP contribution in [0, 0.1) is 5.92 Å². The molecule has 1 fully saturated rings. The molecule has 1 aliphatic carbocycles. The van der Waals surface area contributed by atoms with Crippen LogP contribution in [0.25, 0.3) is 0 Å². The molecule has 0 bridgehead atoms. The van der Waals surface area contributed by atoms with Crippen LogP contribution < -0.4 is 10.2 Å². The van der Waals surface area contributed by atoms with Crippen molar-refractivity contribution < 1.29 is 32.6 Å². The molecule has 2 aromatic rings. The average molecular weight is 544 g/mol. The molecule has 200 valence electrons. The van der Waals surface area contributed by atoms with Crippen LogP contribution in [0.15, 0.2) is 53.7 Å². The zero-order chi connectivity index (χ0) is 25.3. The number of amides is 1. The van der Waals surface area contributed by atoms with Gasteiger partial charge in [-0.15, -0.1) is 12.4 Å². The summed E-state index contributed by atoms with van der Waals surface area (Å²) >= 11 is 0. The minimum Gasteiger partial charge on any atom is -0.497 e. The largest absolute Gasteiger partial charge is 0.497 e. The van der Waals surface area contributed by atoms with E-state index >= 15 is 0 Å². The molecule has 2 N–H and O–H groups in total. The van der Waals surface area contributed by atoms with Gasteiger partial charge in [-0.05, 0) is 73.6 Å². The maximum absolute atomic E-state index is 13.8. The number of carbonyl (C=O) groups excluding carboxylic acids is 1. The number of halogens is 1. The lowest BCUT2D eigenvalue weighted by molar-refractivity contribution is -0.136. The summed E-state index contributed by atoms with van der Waals surface area (Å²) < 4.78 is 44.9. The van der Waals surface area contributed by atoms with E-state index in [9.17, 15) is 18.4 Å². The number of nitrogens with zero attached hydrogens (tertiary/aromatic N) is 2. The van der Waals surface area contributed by atoms with E-state index in [1.165, 1.54) is 23.5 Å². The Kier molecular flexibility index (Phi) is 12.0. The molecule has 1 aliphatic rings. The number of pyridine rings is 1. The first kappa shape index (κ1) is 29.9. The number of ether oxygens (including phenoxy) is 3. The van der Waals surface area contributed by atoms with E-state index in [-0.39, 0.29) is 35.9 Å². The number of hydrogen-bond donors (Lipinski definition) is 2. The maximum Gasteiger partial charge on any atom is 0.262 e. The van der Waals surface area contributed by atoms with Crippen molar-refractivity contribution in [2.24, 2.45) is 5.92 Å². The molecule has 12 heteroatoms. The summed E-state index contributed by atoms with van der Waals surface area (Å²) in [6.45, 7) is 0.918. The molecule has 0 spiro atoms. The normalized spacial score (nSPS) is 18.8. The summed E-state index contributed by atoms with van der Waals surface area (Å²) in [5, 5.41) is 9.56. The van der Waals surface area contributed by atoms with Gasteiger partial charge in [0.05, 0.1) is 31.3 Å². The SMILES string of the molecule is COCCOC1CCC([C@H](C(=O)NO)N(Cc2ccncc2)S(=O)(=O)c2ccc(OC)cc2)CC1.Cl. The van der Waals surface area contributed by atoms with Crippen LogP contribution in [0.2, 0.25) is 0 Å². The van der Waals surface area contributed by atoms with Crippen molar-refractivity contribution in [3.05, 3.63) is 54.4 Å². The third kappa shape index (κ3) is 7.61. The predicted octanol–water partition coefficient (Wildman–Crippen LogP) is 2.80. The highest BCUT2D eigenvalue weighted by molar-refractivity contribution is 7.89. The lowest BCUT2D eigenvalue weighted by atomic mass is 9.82. The Labute approximate surface area is 218 Å². The second-order valence-corrected chi connectivity index (χ2v) is 10.3. The van der Waals surface area contributed by atoms with Gasteiger partial charge < -0.3 is 14.2 Å². The molecule has 1 aromatic carbocycles. The van der Waals surface area contributed by atoms with E-state index in [2.05, 4.69) is 4.98 Å². The number of benzene rings is 1. The number of sulfonamides is 1. The fourth-order valence-corrected chi connectivity index (χ4v) is 6.04. The lowest BCUT2D eigenvalue weighted by Crippen LogP contribution is -2.53. The number of carbonyl (C=O) groups is 1. The molecular formula is C24H34ClN3O7S. The van der Waals surface area contributed by atoms with Gasteiger partial charge in [0.25, 0.3) is 5.91 Å². The third-order valence-corrected chi connectivity index (χ3v) is 8.09. The van der Waals surface area contributed by atoms with Crippen LogP contribution in [-0.2, 0) is 30.8 Å². The summed E-state index contributed by atoms with van der Waals surface area (Å²) in [5.74, 6) is -0.555.